The highest BCUT2D eigenvalue weighted by atomic mass is 79.9. The van der Waals surface area contributed by atoms with Gasteiger partial charge in [0, 0.05) is 30.8 Å². The van der Waals surface area contributed by atoms with Gasteiger partial charge in [0.1, 0.15) is 5.82 Å². The predicted octanol–water partition coefficient (Wildman–Crippen LogP) is 4.07. The van der Waals surface area contributed by atoms with Gasteiger partial charge in [-0.05, 0) is 42.8 Å². The molecule has 1 heterocycles. The van der Waals surface area contributed by atoms with Crippen molar-refractivity contribution in [3.63, 3.8) is 0 Å². The molecule has 6 nitrogen and oxygen atoms in total. The van der Waals surface area contributed by atoms with Crippen LogP contribution in [0.15, 0.2) is 51.8 Å². The summed E-state index contributed by atoms with van der Waals surface area (Å²) in [7, 11) is -0.420. The first-order valence-electron chi connectivity index (χ1n) is 8.74. The van der Waals surface area contributed by atoms with Gasteiger partial charge in [-0.3, -0.25) is 0 Å². The van der Waals surface area contributed by atoms with Gasteiger partial charge in [0.2, 0.25) is 10.0 Å². The molecule has 0 saturated carbocycles. The molecule has 0 unspecified atom stereocenters. The summed E-state index contributed by atoms with van der Waals surface area (Å²) in [5, 5.41) is 3.38. The number of halogens is 1. The fourth-order valence-electron chi connectivity index (χ4n) is 2.92. The predicted molar refractivity (Wildman–Crippen MR) is 112 cm³/mol. The van der Waals surface area contributed by atoms with Crippen LogP contribution >= 0.6 is 15.9 Å². The largest absolute Gasteiger partial charge is 0.378 e. The summed E-state index contributed by atoms with van der Waals surface area (Å²) in [6, 6.07) is 13.1. The van der Waals surface area contributed by atoms with Gasteiger partial charge in [0.25, 0.3) is 0 Å². The van der Waals surface area contributed by atoms with Crippen molar-refractivity contribution in [1.82, 2.24) is 13.9 Å². The molecule has 0 amide bonds. The van der Waals surface area contributed by atoms with Gasteiger partial charge >= 0.3 is 0 Å². The Morgan fingerprint density at radius 1 is 1.19 bits per heavy atom. The van der Waals surface area contributed by atoms with Gasteiger partial charge in [0.15, 0.2) is 0 Å². The second kappa shape index (κ2) is 8.00. The summed E-state index contributed by atoms with van der Waals surface area (Å²) in [5.74, 6) is 0.881. The first kappa shape index (κ1) is 19.9. The number of hydrogen-bond acceptors (Lipinski definition) is 4. The molecule has 0 aliphatic carbocycles. The van der Waals surface area contributed by atoms with Crippen molar-refractivity contribution >= 4 is 42.7 Å². The van der Waals surface area contributed by atoms with E-state index in [1.807, 2.05) is 30.3 Å². The number of hydrogen-bond donors (Lipinski definition) is 1. The van der Waals surface area contributed by atoms with Gasteiger partial charge in [-0.15, -0.1) is 0 Å². The molecule has 27 heavy (non-hydrogen) atoms. The molecule has 2 aromatic carbocycles. The van der Waals surface area contributed by atoms with Crippen LogP contribution in [0.1, 0.15) is 19.2 Å². The Hall–Kier alpha value is -1.90. The normalized spacial score (nSPS) is 12.0. The number of nitrogens with one attached hydrogen (secondary N) is 1. The maximum Gasteiger partial charge on any atom is 0.242 e. The zero-order valence-corrected chi connectivity index (χ0v) is 18.0. The standard InChI is InChI=1S/C19H23BrN4O2S/c1-4-10-24-18-9-8-16(27(25,26)23(2)3)12-17(18)22-19(24)13-21-15-7-5-6-14(20)11-15/h5-9,11-12,21H,4,10,13H2,1-3H3. The number of aromatic nitrogens is 2. The van der Waals surface area contributed by atoms with Gasteiger partial charge in [-0.1, -0.05) is 28.9 Å². The Labute approximate surface area is 168 Å². The highest BCUT2D eigenvalue weighted by molar-refractivity contribution is 9.10. The molecule has 3 aromatic rings. The topological polar surface area (TPSA) is 67.2 Å². The van der Waals surface area contributed by atoms with Crippen LogP contribution < -0.4 is 5.32 Å². The number of anilines is 1. The fraction of sp³-hybridized carbons (Fsp3) is 0.316. The third-order valence-corrected chi connectivity index (χ3v) is 6.60. The van der Waals surface area contributed by atoms with E-state index in [4.69, 9.17) is 4.98 Å². The fourth-order valence-corrected chi connectivity index (χ4v) is 4.24. The van der Waals surface area contributed by atoms with Crippen LogP contribution in [0.2, 0.25) is 0 Å². The lowest BCUT2D eigenvalue weighted by molar-refractivity contribution is 0.521. The molecule has 144 valence electrons. The van der Waals surface area contributed by atoms with E-state index in [0.717, 1.165) is 34.5 Å². The SMILES string of the molecule is CCCn1c(CNc2cccc(Br)c2)nc2cc(S(=O)(=O)N(C)C)ccc21. The van der Waals surface area contributed by atoms with Crippen molar-refractivity contribution in [3.05, 3.63) is 52.8 Å². The Bertz CT molecular complexity index is 1060. The molecule has 0 saturated heterocycles. The number of aryl methyl sites for hydroxylation is 1. The molecule has 0 radical (unpaired) electrons. The smallest absolute Gasteiger partial charge is 0.242 e. The molecule has 0 bridgehead atoms. The van der Waals surface area contributed by atoms with Crippen molar-refractivity contribution in [3.8, 4) is 0 Å². The molecule has 3 rings (SSSR count). The van der Waals surface area contributed by atoms with E-state index in [1.54, 1.807) is 12.1 Å². The highest BCUT2D eigenvalue weighted by Crippen LogP contribution is 2.23. The van der Waals surface area contributed by atoms with Crippen LogP contribution in [0, 0.1) is 0 Å². The number of rotatable bonds is 7. The van der Waals surface area contributed by atoms with E-state index < -0.39 is 10.0 Å². The van der Waals surface area contributed by atoms with Crippen molar-refractivity contribution in [2.45, 2.75) is 31.3 Å². The first-order chi connectivity index (χ1) is 12.8. The third-order valence-electron chi connectivity index (χ3n) is 4.30. The summed E-state index contributed by atoms with van der Waals surface area (Å²) < 4.78 is 29.2. The Kier molecular flexibility index (Phi) is 5.88. The second-order valence-electron chi connectivity index (χ2n) is 6.48. The molecular weight excluding hydrogens is 428 g/mol. The number of nitrogens with zero attached hydrogens (tertiary/aromatic N) is 3. The monoisotopic (exact) mass is 450 g/mol. The highest BCUT2D eigenvalue weighted by Gasteiger charge is 2.19. The average Bonchev–Trinajstić information content (AvgIpc) is 2.97. The lowest BCUT2D eigenvalue weighted by Crippen LogP contribution is -2.22. The summed E-state index contributed by atoms with van der Waals surface area (Å²) >= 11 is 3.47. The van der Waals surface area contributed by atoms with Crippen LogP contribution in [0.25, 0.3) is 11.0 Å². The van der Waals surface area contributed by atoms with Crippen LogP contribution in [-0.2, 0) is 23.1 Å². The van der Waals surface area contributed by atoms with Gasteiger partial charge in [0.05, 0.1) is 22.5 Å². The first-order valence-corrected chi connectivity index (χ1v) is 11.0. The number of benzene rings is 2. The lowest BCUT2D eigenvalue weighted by Gasteiger charge is -2.11. The number of sulfonamides is 1. The van der Waals surface area contributed by atoms with E-state index >= 15 is 0 Å². The van der Waals surface area contributed by atoms with Crippen LogP contribution in [-0.4, -0.2) is 36.4 Å². The molecular formula is C19H23BrN4O2S. The van der Waals surface area contributed by atoms with E-state index in [-0.39, 0.29) is 4.90 Å². The third kappa shape index (κ3) is 4.17. The average molecular weight is 451 g/mol. The van der Waals surface area contributed by atoms with Crippen molar-refractivity contribution in [2.24, 2.45) is 0 Å². The maximum atomic E-state index is 12.4. The van der Waals surface area contributed by atoms with E-state index in [9.17, 15) is 8.42 Å². The van der Waals surface area contributed by atoms with Crippen LogP contribution in [0.3, 0.4) is 0 Å². The van der Waals surface area contributed by atoms with E-state index in [2.05, 4.69) is 32.7 Å². The van der Waals surface area contributed by atoms with Gasteiger partial charge < -0.3 is 9.88 Å². The summed E-state index contributed by atoms with van der Waals surface area (Å²) in [5.41, 5.74) is 2.63. The summed E-state index contributed by atoms with van der Waals surface area (Å²) in [6.07, 6.45) is 0.965. The molecule has 0 aliphatic rings. The van der Waals surface area contributed by atoms with E-state index in [1.165, 1.54) is 18.4 Å². The van der Waals surface area contributed by atoms with E-state index in [0.29, 0.717) is 12.1 Å². The number of imidazole rings is 1. The zero-order valence-electron chi connectivity index (χ0n) is 15.6. The second-order valence-corrected chi connectivity index (χ2v) is 9.55. The molecule has 1 aromatic heterocycles. The minimum Gasteiger partial charge on any atom is -0.378 e. The van der Waals surface area contributed by atoms with Gasteiger partial charge in [-0.25, -0.2) is 17.7 Å². The lowest BCUT2D eigenvalue weighted by atomic mass is 10.3. The quantitative estimate of drug-likeness (QED) is 0.588. The Morgan fingerprint density at radius 2 is 1.96 bits per heavy atom. The molecule has 0 atom stereocenters. The summed E-state index contributed by atoms with van der Waals surface area (Å²) in [6.45, 7) is 3.49. The van der Waals surface area contributed by atoms with Crippen molar-refractivity contribution < 1.29 is 8.42 Å². The minimum atomic E-state index is -3.48. The molecule has 0 aliphatic heterocycles. The van der Waals surface area contributed by atoms with Crippen molar-refractivity contribution in [1.29, 1.82) is 0 Å². The Morgan fingerprint density at radius 3 is 2.63 bits per heavy atom. The van der Waals surface area contributed by atoms with Crippen LogP contribution in [0.4, 0.5) is 5.69 Å². The maximum absolute atomic E-state index is 12.4. The minimum absolute atomic E-state index is 0.257. The van der Waals surface area contributed by atoms with Gasteiger partial charge in [-0.2, -0.15) is 0 Å². The van der Waals surface area contributed by atoms with Crippen LogP contribution in [0.5, 0.6) is 0 Å². The summed E-state index contributed by atoms with van der Waals surface area (Å²) in [4.78, 5) is 4.97. The molecule has 8 heteroatoms. The number of fused-ring (bicyclic) bond motifs is 1. The Balaban J connectivity index is 1.97. The zero-order chi connectivity index (χ0) is 19.6. The van der Waals surface area contributed by atoms with Crippen molar-refractivity contribution in [2.75, 3.05) is 19.4 Å². The molecule has 1 N–H and O–H groups in total. The molecule has 0 spiro atoms. The molecule has 0 fully saturated rings.